The SMILES string of the molecule is CN(C)N(OC=Cc1ccccc1)c1ccccc1. The Morgan fingerprint density at radius 2 is 1.42 bits per heavy atom. The van der Waals surface area contributed by atoms with E-state index >= 15 is 0 Å². The van der Waals surface area contributed by atoms with E-state index in [1.54, 1.807) is 11.4 Å². The predicted molar refractivity (Wildman–Crippen MR) is 79.2 cm³/mol. The fourth-order valence-electron chi connectivity index (χ4n) is 1.67. The second-order valence-corrected chi connectivity index (χ2v) is 4.27. The van der Waals surface area contributed by atoms with Crippen molar-refractivity contribution < 1.29 is 4.84 Å². The molecule has 0 spiro atoms. The van der Waals surface area contributed by atoms with Gasteiger partial charge in [0.25, 0.3) is 0 Å². The van der Waals surface area contributed by atoms with Crippen molar-refractivity contribution >= 4 is 11.8 Å². The van der Waals surface area contributed by atoms with Crippen LogP contribution in [0.3, 0.4) is 0 Å². The number of para-hydroxylation sites is 1. The molecular weight excluding hydrogens is 236 g/mol. The molecule has 3 heteroatoms. The van der Waals surface area contributed by atoms with Crippen molar-refractivity contribution in [1.82, 2.24) is 5.01 Å². The number of anilines is 1. The summed E-state index contributed by atoms with van der Waals surface area (Å²) < 4.78 is 0. The minimum Gasteiger partial charge on any atom is -0.372 e. The summed E-state index contributed by atoms with van der Waals surface area (Å²) in [6.45, 7) is 0. The van der Waals surface area contributed by atoms with Gasteiger partial charge in [0.2, 0.25) is 0 Å². The lowest BCUT2D eigenvalue weighted by Gasteiger charge is -2.27. The first-order valence-corrected chi connectivity index (χ1v) is 6.18. The summed E-state index contributed by atoms with van der Waals surface area (Å²) in [6, 6.07) is 20.0. The Morgan fingerprint density at radius 3 is 2.00 bits per heavy atom. The number of hydrazine groups is 1. The molecule has 0 aliphatic heterocycles. The number of hydrogen-bond donors (Lipinski definition) is 0. The monoisotopic (exact) mass is 254 g/mol. The molecule has 0 heterocycles. The lowest BCUT2D eigenvalue weighted by Crippen LogP contribution is -2.35. The zero-order valence-electron chi connectivity index (χ0n) is 11.2. The van der Waals surface area contributed by atoms with Crippen LogP contribution < -0.4 is 5.17 Å². The third-order valence-electron chi connectivity index (χ3n) is 2.56. The maximum atomic E-state index is 5.67. The highest BCUT2D eigenvalue weighted by molar-refractivity contribution is 5.48. The second kappa shape index (κ2) is 6.61. The van der Waals surface area contributed by atoms with Gasteiger partial charge in [-0.15, -0.1) is 5.17 Å². The van der Waals surface area contributed by atoms with Gasteiger partial charge in [-0.05, 0) is 23.8 Å². The number of hydrogen-bond acceptors (Lipinski definition) is 3. The number of rotatable bonds is 5. The zero-order valence-corrected chi connectivity index (χ0v) is 11.2. The largest absolute Gasteiger partial charge is 0.372 e. The topological polar surface area (TPSA) is 15.7 Å². The molecule has 0 amide bonds. The molecule has 0 bridgehead atoms. The molecule has 0 aromatic heterocycles. The molecule has 19 heavy (non-hydrogen) atoms. The van der Waals surface area contributed by atoms with Gasteiger partial charge in [0.1, 0.15) is 6.26 Å². The molecule has 2 aromatic rings. The van der Waals surface area contributed by atoms with Crippen LogP contribution >= 0.6 is 0 Å². The lowest BCUT2D eigenvalue weighted by molar-refractivity contribution is 0.0904. The molecule has 0 atom stereocenters. The van der Waals surface area contributed by atoms with E-state index < -0.39 is 0 Å². The highest BCUT2D eigenvalue weighted by Gasteiger charge is 2.07. The van der Waals surface area contributed by atoms with E-state index in [1.807, 2.05) is 85.8 Å². The normalized spacial score (nSPS) is 10.9. The Morgan fingerprint density at radius 1 is 0.842 bits per heavy atom. The molecule has 0 fully saturated rings. The predicted octanol–water partition coefficient (Wildman–Crippen LogP) is 3.57. The highest BCUT2D eigenvalue weighted by atomic mass is 16.7. The van der Waals surface area contributed by atoms with E-state index in [0.717, 1.165) is 11.3 Å². The summed E-state index contributed by atoms with van der Waals surface area (Å²) >= 11 is 0. The van der Waals surface area contributed by atoms with Crippen LogP contribution in [0, 0.1) is 0 Å². The first-order valence-electron chi connectivity index (χ1n) is 6.18. The van der Waals surface area contributed by atoms with Crippen molar-refractivity contribution in [3.8, 4) is 0 Å². The molecule has 0 saturated carbocycles. The third kappa shape index (κ3) is 3.86. The number of nitrogens with zero attached hydrogens (tertiary/aromatic N) is 2. The van der Waals surface area contributed by atoms with E-state index in [4.69, 9.17) is 4.84 Å². The number of benzene rings is 2. The van der Waals surface area contributed by atoms with E-state index in [9.17, 15) is 0 Å². The first kappa shape index (κ1) is 13.2. The second-order valence-electron chi connectivity index (χ2n) is 4.27. The van der Waals surface area contributed by atoms with Crippen molar-refractivity contribution in [2.45, 2.75) is 0 Å². The summed E-state index contributed by atoms with van der Waals surface area (Å²) in [5.41, 5.74) is 2.08. The molecule has 0 aliphatic rings. The van der Waals surface area contributed by atoms with Crippen molar-refractivity contribution in [2.75, 3.05) is 19.3 Å². The molecule has 0 unspecified atom stereocenters. The maximum Gasteiger partial charge on any atom is 0.122 e. The average molecular weight is 254 g/mol. The highest BCUT2D eigenvalue weighted by Crippen LogP contribution is 2.15. The van der Waals surface area contributed by atoms with E-state index in [2.05, 4.69) is 0 Å². The lowest BCUT2D eigenvalue weighted by atomic mass is 10.2. The Bertz CT molecular complexity index is 509. The van der Waals surface area contributed by atoms with Gasteiger partial charge in [0, 0.05) is 14.1 Å². The van der Waals surface area contributed by atoms with Gasteiger partial charge >= 0.3 is 0 Å². The van der Waals surface area contributed by atoms with Crippen molar-refractivity contribution in [1.29, 1.82) is 0 Å². The Balaban J connectivity index is 2.05. The molecule has 0 radical (unpaired) electrons. The minimum absolute atomic E-state index is 0.977. The Kier molecular flexibility index (Phi) is 4.59. The quantitative estimate of drug-likeness (QED) is 0.599. The molecule has 3 nitrogen and oxygen atoms in total. The fraction of sp³-hybridized carbons (Fsp3) is 0.125. The van der Waals surface area contributed by atoms with Gasteiger partial charge in [-0.2, -0.15) is 5.01 Å². The van der Waals surface area contributed by atoms with Gasteiger partial charge in [-0.1, -0.05) is 48.5 Å². The third-order valence-corrected chi connectivity index (χ3v) is 2.56. The Labute approximate surface area is 114 Å². The summed E-state index contributed by atoms with van der Waals surface area (Å²) in [6.07, 6.45) is 3.61. The van der Waals surface area contributed by atoms with Gasteiger partial charge in [0.15, 0.2) is 0 Å². The van der Waals surface area contributed by atoms with E-state index in [-0.39, 0.29) is 0 Å². The van der Waals surface area contributed by atoms with Crippen molar-refractivity contribution in [2.24, 2.45) is 0 Å². The van der Waals surface area contributed by atoms with Crippen LogP contribution in [-0.2, 0) is 4.84 Å². The summed E-state index contributed by atoms with van der Waals surface area (Å²) in [5, 5.41) is 3.60. The molecular formula is C16H18N2O. The van der Waals surface area contributed by atoms with Crippen molar-refractivity contribution in [3.63, 3.8) is 0 Å². The minimum atomic E-state index is 0.977. The average Bonchev–Trinajstić information content (AvgIpc) is 2.45. The first-order chi connectivity index (χ1) is 9.27. The van der Waals surface area contributed by atoms with Gasteiger partial charge in [-0.25, -0.2) is 0 Å². The van der Waals surface area contributed by atoms with Crippen LogP contribution in [0.2, 0.25) is 0 Å². The van der Waals surface area contributed by atoms with Crippen LogP contribution in [0.4, 0.5) is 5.69 Å². The summed E-state index contributed by atoms with van der Waals surface area (Å²) in [5.74, 6) is 0. The standard InChI is InChI=1S/C16H18N2O/c1-17(2)18(16-11-7-4-8-12-16)19-14-13-15-9-5-3-6-10-15/h3-14H,1-2H3. The van der Waals surface area contributed by atoms with E-state index in [1.165, 1.54) is 0 Å². The van der Waals surface area contributed by atoms with Crippen LogP contribution in [0.25, 0.3) is 6.08 Å². The molecule has 2 aromatic carbocycles. The van der Waals surface area contributed by atoms with Crippen LogP contribution in [-0.4, -0.2) is 19.1 Å². The maximum absolute atomic E-state index is 5.67. The summed E-state index contributed by atoms with van der Waals surface area (Å²) in [4.78, 5) is 5.67. The van der Waals surface area contributed by atoms with E-state index in [0.29, 0.717) is 0 Å². The Hall–Kier alpha value is -2.26. The molecule has 98 valence electrons. The van der Waals surface area contributed by atoms with Crippen LogP contribution in [0.15, 0.2) is 66.9 Å². The smallest absolute Gasteiger partial charge is 0.122 e. The van der Waals surface area contributed by atoms with Crippen LogP contribution in [0.5, 0.6) is 0 Å². The fourth-order valence-corrected chi connectivity index (χ4v) is 1.67. The van der Waals surface area contributed by atoms with Gasteiger partial charge in [-0.3, -0.25) is 0 Å². The van der Waals surface area contributed by atoms with Crippen LogP contribution in [0.1, 0.15) is 5.56 Å². The van der Waals surface area contributed by atoms with Crippen molar-refractivity contribution in [3.05, 3.63) is 72.5 Å². The molecule has 0 saturated heterocycles. The van der Waals surface area contributed by atoms with Gasteiger partial charge in [0.05, 0.1) is 5.69 Å². The summed E-state index contributed by atoms with van der Waals surface area (Å²) in [7, 11) is 3.87. The molecule has 2 rings (SSSR count). The van der Waals surface area contributed by atoms with Gasteiger partial charge < -0.3 is 4.84 Å². The molecule has 0 aliphatic carbocycles. The molecule has 0 N–H and O–H groups in total. The zero-order chi connectivity index (χ0) is 13.5.